The Morgan fingerprint density at radius 1 is 1.32 bits per heavy atom. The Balaban J connectivity index is 2.00. The third kappa shape index (κ3) is 2.11. The molecule has 3 heterocycles. The van der Waals surface area contributed by atoms with Crippen molar-refractivity contribution < 1.29 is 4.52 Å². The van der Waals surface area contributed by atoms with Gasteiger partial charge in [-0.2, -0.15) is 10.2 Å². The Kier molecular flexibility index (Phi) is 2.82. The number of rotatable bonds is 2. The predicted molar refractivity (Wildman–Crippen MR) is 70.3 cm³/mol. The maximum atomic E-state index is 8.80. The molecule has 6 heteroatoms. The Labute approximate surface area is 113 Å². The standard InChI is InChI=1S/C13H8N4OS/c1-8-4-5-15-7-10(8)12-16-13(18-17-12)11-3-2-9(6-14)19-11/h2-5,7H,1H3. The van der Waals surface area contributed by atoms with E-state index in [2.05, 4.69) is 21.2 Å². The van der Waals surface area contributed by atoms with Crippen molar-refractivity contribution in [2.75, 3.05) is 0 Å². The molecular formula is C13H8N4OS. The lowest BCUT2D eigenvalue weighted by Crippen LogP contribution is -1.86. The maximum absolute atomic E-state index is 8.80. The highest BCUT2D eigenvalue weighted by Crippen LogP contribution is 2.28. The summed E-state index contributed by atoms with van der Waals surface area (Å²) in [7, 11) is 0. The van der Waals surface area contributed by atoms with Crippen LogP contribution in [0.25, 0.3) is 22.2 Å². The van der Waals surface area contributed by atoms with Crippen molar-refractivity contribution >= 4 is 11.3 Å². The molecule has 0 atom stereocenters. The summed E-state index contributed by atoms with van der Waals surface area (Å²) < 4.78 is 5.23. The van der Waals surface area contributed by atoms with Gasteiger partial charge in [0, 0.05) is 18.0 Å². The number of aromatic nitrogens is 3. The Morgan fingerprint density at radius 2 is 2.21 bits per heavy atom. The van der Waals surface area contributed by atoms with Crippen LogP contribution in [0, 0.1) is 18.3 Å². The minimum absolute atomic E-state index is 0.421. The summed E-state index contributed by atoms with van der Waals surface area (Å²) in [5, 5.41) is 12.8. The first-order chi connectivity index (χ1) is 9.28. The third-order valence-corrected chi connectivity index (χ3v) is 3.61. The van der Waals surface area contributed by atoms with Gasteiger partial charge in [-0.1, -0.05) is 5.16 Å². The third-order valence-electron chi connectivity index (χ3n) is 2.63. The summed E-state index contributed by atoms with van der Waals surface area (Å²) in [6.07, 6.45) is 3.43. The molecule has 0 amide bonds. The monoisotopic (exact) mass is 268 g/mol. The molecule has 0 aliphatic heterocycles. The van der Waals surface area contributed by atoms with Crippen LogP contribution >= 0.6 is 11.3 Å². The second-order valence-electron chi connectivity index (χ2n) is 3.89. The van der Waals surface area contributed by atoms with E-state index in [4.69, 9.17) is 9.78 Å². The topological polar surface area (TPSA) is 75.6 Å². The molecule has 0 bridgehead atoms. The summed E-state index contributed by atoms with van der Waals surface area (Å²) in [6.45, 7) is 1.96. The Hall–Kier alpha value is -2.52. The SMILES string of the molecule is Cc1ccncc1-c1noc(-c2ccc(C#N)s2)n1. The molecule has 19 heavy (non-hydrogen) atoms. The molecule has 3 aromatic heterocycles. The van der Waals surface area contributed by atoms with E-state index in [1.165, 1.54) is 11.3 Å². The molecule has 0 radical (unpaired) electrons. The first-order valence-electron chi connectivity index (χ1n) is 5.53. The van der Waals surface area contributed by atoms with Crippen LogP contribution in [0.15, 0.2) is 35.1 Å². The van der Waals surface area contributed by atoms with E-state index >= 15 is 0 Å². The largest absolute Gasteiger partial charge is 0.333 e. The highest BCUT2D eigenvalue weighted by atomic mass is 32.1. The quantitative estimate of drug-likeness (QED) is 0.714. The van der Waals surface area contributed by atoms with Crippen LogP contribution < -0.4 is 0 Å². The van der Waals surface area contributed by atoms with Gasteiger partial charge in [-0.25, -0.2) is 0 Å². The van der Waals surface area contributed by atoms with Crippen LogP contribution in [0.1, 0.15) is 10.4 Å². The molecule has 0 aromatic carbocycles. The van der Waals surface area contributed by atoms with E-state index in [1.54, 1.807) is 24.5 Å². The lowest BCUT2D eigenvalue weighted by atomic mass is 10.1. The molecule has 5 nitrogen and oxygen atoms in total. The fraction of sp³-hybridized carbons (Fsp3) is 0.0769. The number of aryl methyl sites for hydroxylation is 1. The highest BCUT2D eigenvalue weighted by molar-refractivity contribution is 7.15. The van der Waals surface area contributed by atoms with Crippen molar-refractivity contribution in [3.8, 4) is 28.2 Å². The van der Waals surface area contributed by atoms with Crippen molar-refractivity contribution in [2.45, 2.75) is 6.92 Å². The lowest BCUT2D eigenvalue weighted by molar-refractivity contribution is 0.433. The molecule has 3 aromatic rings. The second kappa shape index (κ2) is 4.63. The van der Waals surface area contributed by atoms with Gasteiger partial charge in [-0.3, -0.25) is 4.98 Å². The first kappa shape index (κ1) is 11.6. The van der Waals surface area contributed by atoms with Crippen LogP contribution in [-0.4, -0.2) is 15.1 Å². The van der Waals surface area contributed by atoms with Gasteiger partial charge in [0.2, 0.25) is 5.82 Å². The number of pyridine rings is 1. The van der Waals surface area contributed by atoms with Crippen molar-refractivity contribution in [3.05, 3.63) is 41.0 Å². The fourth-order valence-corrected chi connectivity index (χ4v) is 2.37. The summed E-state index contributed by atoms with van der Waals surface area (Å²) in [4.78, 5) is 9.81. The lowest BCUT2D eigenvalue weighted by Gasteiger charge is -1.96. The zero-order valence-corrected chi connectivity index (χ0v) is 10.8. The molecule has 0 aliphatic carbocycles. The summed E-state index contributed by atoms with van der Waals surface area (Å²) >= 11 is 1.33. The van der Waals surface area contributed by atoms with Gasteiger partial charge in [0.1, 0.15) is 10.9 Å². The number of nitriles is 1. The molecule has 0 saturated carbocycles. The van der Waals surface area contributed by atoms with E-state index in [-0.39, 0.29) is 0 Å². The van der Waals surface area contributed by atoms with E-state index in [1.807, 2.05) is 13.0 Å². The molecule has 0 fully saturated rings. The summed E-state index contributed by atoms with van der Waals surface area (Å²) in [5.41, 5.74) is 1.88. The predicted octanol–water partition coefficient (Wildman–Crippen LogP) is 3.04. The van der Waals surface area contributed by atoms with E-state index in [9.17, 15) is 0 Å². The minimum Gasteiger partial charge on any atom is -0.333 e. The van der Waals surface area contributed by atoms with E-state index < -0.39 is 0 Å². The molecule has 92 valence electrons. The van der Waals surface area contributed by atoms with Crippen LogP contribution in [0.3, 0.4) is 0 Å². The molecule has 0 saturated heterocycles. The Morgan fingerprint density at radius 3 is 2.95 bits per heavy atom. The molecule has 0 aliphatic rings. The second-order valence-corrected chi connectivity index (χ2v) is 4.97. The number of hydrogen-bond acceptors (Lipinski definition) is 6. The van der Waals surface area contributed by atoms with Crippen molar-refractivity contribution in [2.24, 2.45) is 0 Å². The van der Waals surface area contributed by atoms with Crippen molar-refractivity contribution in [1.82, 2.24) is 15.1 Å². The van der Waals surface area contributed by atoms with E-state index in [0.717, 1.165) is 16.0 Å². The maximum Gasteiger partial charge on any atom is 0.268 e. The Bertz CT molecular complexity index is 769. The minimum atomic E-state index is 0.421. The molecule has 0 unspecified atom stereocenters. The molecule has 0 N–H and O–H groups in total. The van der Waals surface area contributed by atoms with Crippen molar-refractivity contribution in [1.29, 1.82) is 5.26 Å². The first-order valence-corrected chi connectivity index (χ1v) is 6.34. The number of nitrogens with zero attached hydrogens (tertiary/aromatic N) is 4. The normalized spacial score (nSPS) is 10.3. The van der Waals surface area contributed by atoms with Gasteiger partial charge in [-0.05, 0) is 30.7 Å². The molecule has 0 spiro atoms. The molecule has 3 rings (SSSR count). The highest BCUT2D eigenvalue weighted by Gasteiger charge is 2.14. The van der Waals surface area contributed by atoms with Gasteiger partial charge in [0.15, 0.2) is 0 Å². The van der Waals surface area contributed by atoms with Gasteiger partial charge in [0.05, 0.1) is 4.88 Å². The van der Waals surface area contributed by atoms with E-state index in [0.29, 0.717) is 16.6 Å². The van der Waals surface area contributed by atoms with Crippen LogP contribution in [0.4, 0.5) is 0 Å². The van der Waals surface area contributed by atoms with Gasteiger partial charge >= 0.3 is 0 Å². The number of hydrogen-bond donors (Lipinski definition) is 0. The zero-order chi connectivity index (χ0) is 13.2. The fourth-order valence-electron chi connectivity index (χ4n) is 1.64. The van der Waals surface area contributed by atoms with Crippen LogP contribution in [0.5, 0.6) is 0 Å². The average molecular weight is 268 g/mol. The van der Waals surface area contributed by atoms with Gasteiger partial charge in [0.25, 0.3) is 5.89 Å². The average Bonchev–Trinajstić information content (AvgIpc) is 3.08. The van der Waals surface area contributed by atoms with Crippen LogP contribution in [-0.2, 0) is 0 Å². The van der Waals surface area contributed by atoms with Gasteiger partial charge < -0.3 is 4.52 Å². The van der Waals surface area contributed by atoms with Crippen molar-refractivity contribution in [3.63, 3.8) is 0 Å². The summed E-state index contributed by atoms with van der Waals surface area (Å²) in [6, 6.07) is 7.51. The van der Waals surface area contributed by atoms with Gasteiger partial charge in [-0.15, -0.1) is 11.3 Å². The molecular weight excluding hydrogens is 260 g/mol. The van der Waals surface area contributed by atoms with Crippen LogP contribution in [0.2, 0.25) is 0 Å². The zero-order valence-electron chi connectivity index (χ0n) is 9.99. The number of thiophene rings is 1. The summed E-state index contributed by atoms with van der Waals surface area (Å²) in [5.74, 6) is 0.928. The smallest absolute Gasteiger partial charge is 0.268 e.